The van der Waals surface area contributed by atoms with Crippen LogP contribution in [0.4, 0.5) is 5.13 Å². The van der Waals surface area contributed by atoms with Crippen LogP contribution in [0.3, 0.4) is 0 Å². The predicted octanol–water partition coefficient (Wildman–Crippen LogP) is 6.53. The largest absolute Gasteiger partial charge is 0.465 e. The highest BCUT2D eigenvalue weighted by Crippen LogP contribution is 2.33. The van der Waals surface area contributed by atoms with Crippen LogP contribution in [0, 0.1) is 5.92 Å². The molecule has 1 aromatic heterocycles. The number of nitrogens with zero attached hydrogens (tertiary/aromatic N) is 2. The van der Waals surface area contributed by atoms with Gasteiger partial charge < -0.3 is 9.64 Å². The van der Waals surface area contributed by atoms with E-state index in [0.717, 1.165) is 41.0 Å². The summed E-state index contributed by atoms with van der Waals surface area (Å²) in [6.45, 7) is 6.16. The predicted molar refractivity (Wildman–Crippen MR) is 128 cm³/mol. The van der Waals surface area contributed by atoms with E-state index in [1.165, 1.54) is 31.9 Å². The quantitative estimate of drug-likeness (QED) is 0.378. The van der Waals surface area contributed by atoms with E-state index in [-0.39, 0.29) is 5.97 Å². The van der Waals surface area contributed by atoms with Crippen molar-refractivity contribution in [2.45, 2.75) is 45.6 Å². The third-order valence-electron chi connectivity index (χ3n) is 6.06. The zero-order chi connectivity index (χ0) is 21.8. The minimum Gasteiger partial charge on any atom is -0.465 e. The Hall–Kier alpha value is -2.66. The molecule has 0 bridgehead atoms. The van der Waals surface area contributed by atoms with Gasteiger partial charge in [0.15, 0.2) is 5.13 Å². The molecule has 0 amide bonds. The maximum absolute atomic E-state index is 11.9. The minimum absolute atomic E-state index is 0.297. The van der Waals surface area contributed by atoms with E-state index in [9.17, 15) is 4.79 Å². The molecule has 31 heavy (non-hydrogen) atoms. The van der Waals surface area contributed by atoms with Gasteiger partial charge in [0.05, 0.1) is 18.4 Å². The normalized spacial score (nSPS) is 13.8. The molecule has 1 aliphatic carbocycles. The van der Waals surface area contributed by atoms with Crippen molar-refractivity contribution in [1.29, 1.82) is 0 Å². The highest BCUT2D eigenvalue weighted by atomic mass is 32.1. The summed E-state index contributed by atoms with van der Waals surface area (Å²) in [4.78, 5) is 19.3. The van der Waals surface area contributed by atoms with Gasteiger partial charge in [-0.3, -0.25) is 0 Å². The van der Waals surface area contributed by atoms with Crippen molar-refractivity contribution in [3.63, 3.8) is 0 Å². The fourth-order valence-corrected chi connectivity index (χ4v) is 4.76. The van der Waals surface area contributed by atoms with Crippen molar-refractivity contribution in [2.24, 2.45) is 5.92 Å². The zero-order valence-corrected chi connectivity index (χ0v) is 19.3. The van der Waals surface area contributed by atoms with Crippen LogP contribution in [-0.4, -0.2) is 24.6 Å². The Kier molecular flexibility index (Phi) is 6.71. The van der Waals surface area contributed by atoms with E-state index in [0.29, 0.717) is 11.5 Å². The Bertz CT molecular complexity index is 1020. The first-order chi connectivity index (χ1) is 15.0. The number of aromatic nitrogens is 1. The van der Waals surface area contributed by atoms with Crippen molar-refractivity contribution >= 4 is 22.4 Å². The summed E-state index contributed by atoms with van der Waals surface area (Å²) in [6, 6.07) is 16.5. The number of thiazole rings is 1. The van der Waals surface area contributed by atoms with Crippen molar-refractivity contribution < 1.29 is 9.53 Å². The lowest BCUT2D eigenvalue weighted by atomic mass is 9.85. The van der Waals surface area contributed by atoms with E-state index in [1.807, 2.05) is 12.1 Å². The van der Waals surface area contributed by atoms with Crippen molar-refractivity contribution in [3.05, 3.63) is 70.6 Å². The van der Waals surface area contributed by atoms with E-state index >= 15 is 0 Å². The lowest BCUT2D eigenvalue weighted by Crippen LogP contribution is -2.32. The second kappa shape index (κ2) is 9.65. The number of hydrogen-bond donors (Lipinski definition) is 0. The lowest BCUT2D eigenvalue weighted by Gasteiger charge is -2.32. The smallest absolute Gasteiger partial charge is 0.337 e. The number of carbonyl (C=O) groups is 1. The van der Waals surface area contributed by atoms with Crippen LogP contribution in [-0.2, 0) is 11.3 Å². The van der Waals surface area contributed by atoms with Crippen LogP contribution >= 0.6 is 11.3 Å². The maximum Gasteiger partial charge on any atom is 0.337 e. The van der Waals surface area contributed by atoms with E-state index in [1.54, 1.807) is 17.4 Å². The molecule has 4 rings (SSSR count). The average Bonchev–Trinajstić information content (AvgIpc) is 3.25. The van der Waals surface area contributed by atoms with Crippen LogP contribution in [0.15, 0.2) is 53.9 Å². The first-order valence-corrected chi connectivity index (χ1v) is 11.9. The van der Waals surface area contributed by atoms with E-state index < -0.39 is 0 Å². The molecule has 5 heteroatoms. The Balaban J connectivity index is 1.56. The maximum atomic E-state index is 11.9. The van der Waals surface area contributed by atoms with Gasteiger partial charge in [-0.05, 0) is 47.9 Å². The van der Waals surface area contributed by atoms with Crippen LogP contribution < -0.4 is 4.90 Å². The number of benzene rings is 2. The first kappa shape index (κ1) is 21.6. The van der Waals surface area contributed by atoms with Gasteiger partial charge in [-0.15, -0.1) is 11.3 Å². The molecule has 0 radical (unpaired) electrons. The summed E-state index contributed by atoms with van der Waals surface area (Å²) in [6.07, 6.45) is 3.89. The second-order valence-electron chi connectivity index (χ2n) is 8.66. The topological polar surface area (TPSA) is 42.4 Å². The summed E-state index contributed by atoms with van der Waals surface area (Å²) in [7, 11) is 1.42. The van der Waals surface area contributed by atoms with Gasteiger partial charge in [-0.2, -0.15) is 0 Å². The molecular weight excluding hydrogens is 404 g/mol. The molecule has 0 atom stereocenters. The molecule has 0 unspecified atom stereocenters. The molecule has 1 saturated carbocycles. The molecule has 162 valence electrons. The summed E-state index contributed by atoms with van der Waals surface area (Å²) in [5, 5.41) is 3.19. The Morgan fingerprint density at radius 1 is 1.19 bits per heavy atom. The number of esters is 1. The monoisotopic (exact) mass is 434 g/mol. The zero-order valence-electron chi connectivity index (χ0n) is 18.5. The standard InChI is InChI=1S/C26H30N2O2S/c1-18(2)21-10-12-22(13-11-21)24-17-31-26(27-24)28(15-19-6-4-7-19)16-20-8-5-9-23(14-20)25(29)30-3/h5,8-14,17-19H,4,6-7,15-16H2,1-3H3. The summed E-state index contributed by atoms with van der Waals surface area (Å²) in [5.41, 5.74) is 5.21. The number of carbonyl (C=O) groups excluding carboxylic acids is 1. The molecule has 1 fully saturated rings. The molecule has 0 spiro atoms. The van der Waals surface area contributed by atoms with Gasteiger partial charge in [0.1, 0.15) is 0 Å². The molecule has 0 N–H and O–H groups in total. The Labute approximate surface area is 188 Å². The van der Waals surface area contributed by atoms with Gasteiger partial charge in [0.25, 0.3) is 0 Å². The first-order valence-electron chi connectivity index (χ1n) is 11.0. The van der Waals surface area contributed by atoms with Crippen molar-refractivity contribution in [1.82, 2.24) is 4.98 Å². The fourth-order valence-electron chi connectivity index (χ4n) is 3.91. The molecule has 0 saturated heterocycles. The van der Waals surface area contributed by atoms with E-state index in [4.69, 9.17) is 9.72 Å². The molecule has 1 heterocycles. The third kappa shape index (κ3) is 5.16. The second-order valence-corrected chi connectivity index (χ2v) is 9.50. The van der Waals surface area contributed by atoms with Gasteiger partial charge >= 0.3 is 5.97 Å². The van der Waals surface area contributed by atoms with Crippen LogP contribution in [0.1, 0.15) is 60.5 Å². The average molecular weight is 435 g/mol. The molecule has 0 aliphatic heterocycles. The van der Waals surface area contributed by atoms with Gasteiger partial charge in [0.2, 0.25) is 0 Å². The summed E-state index contributed by atoms with van der Waals surface area (Å²) >= 11 is 1.70. The number of hydrogen-bond acceptors (Lipinski definition) is 5. The summed E-state index contributed by atoms with van der Waals surface area (Å²) < 4.78 is 4.88. The van der Waals surface area contributed by atoms with E-state index in [2.05, 4.69) is 54.5 Å². The Morgan fingerprint density at radius 2 is 1.97 bits per heavy atom. The number of ether oxygens (including phenoxy) is 1. The van der Waals surface area contributed by atoms with Crippen LogP contribution in [0.2, 0.25) is 0 Å². The highest BCUT2D eigenvalue weighted by Gasteiger charge is 2.23. The minimum atomic E-state index is -0.297. The van der Waals surface area contributed by atoms with Crippen molar-refractivity contribution in [2.75, 3.05) is 18.6 Å². The number of rotatable bonds is 8. The van der Waals surface area contributed by atoms with Gasteiger partial charge in [-0.1, -0.05) is 56.7 Å². The number of anilines is 1. The third-order valence-corrected chi connectivity index (χ3v) is 6.96. The highest BCUT2D eigenvalue weighted by molar-refractivity contribution is 7.14. The Morgan fingerprint density at radius 3 is 2.61 bits per heavy atom. The molecule has 2 aromatic carbocycles. The molecular formula is C26H30N2O2S. The van der Waals surface area contributed by atoms with Gasteiger partial charge in [0, 0.05) is 24.0 Å². The molecule has 4 nitrogen and oxygen atoms in total. The summed E-state index contributed by atoms with van der Waals surface area (Å²) in [5.74, 6) is 0.953. The lowest BCUT2D eigenvalue weighted by molar-refractivity contribution is 0.0600. The van der Waals surface area contributed by atoms with Crippen molar-refractivity contribution in [3.8, 4) is 11.3 Å². The number of methoxy groups -OCH3 is 1. The van der Waals surface area contributed by atoms with Crippen LogP contribution in [0.25, 0.3) is 11.3 Å². The molecule has 3 aromatic rings. The van der Waals surface area contributed by atoms with Gasteiger partial charge in [-0.25, -0.2) is 9.78 Å². The molecule has 1 aliphatic rings. The van der Waals surface area contributed by atoms with Crippen LogP contribution in [0.5, 0.6) is 0 Å². The fraction of sp³-hybridized carbons (Fsp3) is 0.385. The SMILES string of the molecule is COC(=O)c1cccc(CN(CC2CCC2)c2nc(-c3ccc(C(C)C)cc3)cs2)c1.